The van der Waals surface area contributed by atoms with Crippen molar-refractivity contribution in [3.05, 3.63) is 206 Å². The molecule has 4 heterocycles. The second-order valence-corrected chi connectivity index (χ2v) is 18.2. The zero-order chi connectivity index (χ0) is 41.4. The number of benzene rings is 9. The van der Waals surface area contributed by atoms with Gasteiger partial charge in [0.2, 0.25) is 0 Å². The third kappa shape index (κ3) is 6.00. The van der Waals surface area contributed by atoms with E-state index >= 15 is 0 Å². The van der Waals surface area contributed by atoms with Gasteiger partial charge in [-0.3, -0.25) is 0 Å². The lowest BCUT2D eigenvalue weighted by atomic mass is 9.93. The van der Waals surface area contributed by atoms with Crippen molar-refractivity contribution < 1.29 is 4.42 Å². The highest BCUT2D eigenvalue weighted by Gasteiger charge is 2.20. The number of nitrogens with zero attached hydrogens (tertiary/aromatic N) is 2. The van der Waals surface area contributed by atoms with Crippen LogP contribution in [0.15, 0.2) is 211 Å². The second kappa shape index (κ2) is 14.5. The van der Waals surface area contributed by atoms with Gasteiger partial charge in [-0.2, -0.15) is 0 Å². The van der Waals surface area contributed by atoms with Crippen LogP contribution in [0.4, 0.5) is 0 Å². The molecule has 0 radical (unpaired) electrons. The van der Waals surface area contributed by atoms with Gasteiger partial charge in [0.1, 0.15) is 11.2 Å². The first-order valence-electron chi connectivity index (χ1n) is 21.1. The smallest absolute Gasteiger partial charge is 0.164 e. The summed E-state index contributed by atoms with van der Waals surface area (Å²) in [6.45, 7) is 0. The van der Waals surface area contributed by atoms with E-state index in [9.17, 15) is 0 Å². The standard InChI is InChI=1S/C58H34N2OS2/c1-2-13-35(14-3-1)36-27-29-37(30-28-36)50-34-51(60-58(59-50)49-23-12-20-46-43-15-4-7-24-52(43)61-55(46)49)40-32-38(41-18-10-21-47-44-16-5-8-25-53(44)62-56(41)47)31-39(33-40)42-19-11-22-48-45-17-6-9-26-54(45)63-57(42)48/h1-34H. The average molecular weight is 839 g/mol. The fraction of sp³-hybridized carbons (Fsp3) is 0. The van der Waals surface area contributed by atoms with Gasteiger partial charge in [-0.15, -0.1) is 22.7 Å². The number of hydrogen-bond acceptors (Lipinski definition) is 5. The van der Waals surface area contributed by atoms with Gasteiger partial charge in [0.25, 0.3) is 0 Å². The monoisotopic (exact) mass is 838 g/mol. The summed E-state index contributed by atoms with van der Waals surface area (Å²) in [5.41, 5.74) is 13.2. The van der Waals surface area contributed by atoms with Crippen molar-refractivity contribution in [3.8, 4) is 67.3 Å². The van der Waals surface area contributed by atoms with Gasteiger partial charge < -0.3 is 4.42 Å². The van der Waals surface area contributed by atoms with Crippen molar-refractivity contribution in [1.29, 1.82) is 0 Å². The number of para-hydroxylation sites is 2. The van der Waals surface area contributed by atoms with Crippen molar-refractivity contribution >= 4 is 85.0 Å². The van der Waals surface area contributed by atoms with E-state index in [-0.39, 0.29) is 0 Å². The summed E-state index contributed by atoms with van der Waals surface area (Å²) in [5, 5.41) is 7.24. The quantitative estimate of drug-likeness (QED) is 0.167. The summed E-state index contributed by atoms with van der Waals surface area (Å²) in [5.74, 6) is 0.615. The Morgan fingerprint density at radius 3 is 1.44 bits per heavy atom. The van der Waals surface area contributed by atoms with Crippen molar-refractivity contribution in [3.63, 3.8) is 0 Å². The number of aromatic nitrogens is 2. The molecule has 0 amide bonds. The van der Waals surface area contributed by atoms with E-state index in [1.54, 1.807) is 0 Å². The summed E-state index contributed by atoms with van der Waals surface area (Å²) in [6.07, 6.45) is 0. The topological polar surface area (TPSA) is 38.9 Å². The molecule has 5 heteroatoms. The molecule has 0 saturated heterocycles. The van der Waals surface area contributed by atoms with Gasteiger partial charge in [0.15, 0.2) is 5.82 Å². The average Bonchev–Trinajstić information content (AvgIpc) is 4.06. The van der Waals surface area contributed by atoms with Crippen molar-refractivity contribution in [2.45, 2.75) is 0 Å². The molecule has 0 atom stereocenters. The van der Waals surface area contributed by atoms with E-state index < -0.39 is 0 Å². The van der Waals surface area contributed by atoms with Gasteiger partial charge in [0, 0.05) is 62.2 Å². The van der Waals surface area contributed by atoms with Gasteiger partial charge >= 0.3 is 0 Å². The molecule has 13 rings (SSSR count). The van der Waals surface area contributed by atoms with Crippen LogP contribution in [0.3, 0.4) is 0 Å². The summed E-state index contributed by atoms with van der Waals surface area (Å²) >= 11 is 3.72. The maximum absolute atomic E-state index is 6.60. The van der Waals surface area contributed by atoms with E-state index in [4.69, 9.17) is 14.4 Å². The Morgan fingerprint density at radius 2 is 0.794 bits per heavy atom. The Hall–Kier alpha value is -7.70. The molecule has 0 fully saturated rings. The Labute approximate surface area is 370 Å². The van der Waals surface area contributed by atoms with E-state index in [0.29, 0.717) is 5.82 Å². The Morgan fingerprint density at radius 1 is 0.317 bits per heavy atom. The lowest BCUT2D eigenvalue weighted by molar-refractivity contribution is 0.669. The first kappa shape index (κ1) is 36.0. The van der Waals surface area contributed by atoms with E-state index in [1.165, 1.54) is 57.0 Å². The highest BCUT2D eigenvalue weighted by atomic mass is 32.1. The molecule has 3 nitrogen and oxygen atoms in total. The highest BCUT2D eigenvalue weighted by Crippen LogP contribution is 2.45. The maximum Gasteiger partial charge on any atom is 0.164 e. The molecule has 0 aliphatic heterocycles. The predicted octanol–water partition coefficient (Wildman–Crippen LogP) is 17.1. The molecular weight excluding hydrogens is 805 g/mol. The molecule has 9 aromatic carbocycles. The van der Waals surface area contributed by atoms with Crippen LogP contribution < -0.4 is 0 Å². The van der Waals surface area contributed by atoms with Crippen LogP contribution in [0, 0.1) is 0 Å². The van der Waals surface area contributed by atoms with Gasteiger partial charge in [-0.25, -0.2) is 9.97 Å². The molecule has 13 aromatic rings. The normalized spacial score (nSPS) is 11.8. The van der Waals surface area contributed by atoms with Crippen molar-refractivity contribution in [2.24, 2.45) is 0 Å². The third-order valence-corrected chi connectivity index (χ3v) is 14.8. The summed E-state index contributed by atoms with van der Waals surface area (Å²) in [6, 6.07) is 73.8. The zero-order valence-electron chi connectivity index (χ0n) is 33.7. The summed E-state index contributed by atoms with van der Waals surface area (Å²) in [7, 11) is 0. The minimum Gasteiger partial charge on any atom is -0.455 e. The minimum atomic E-state index is 0.615. The van der Waals surface area contributed by atoms with E-state index in [2.05, 4.69) is 194 Å². The lowest BCUT2D eigenvalue weighted by Gasteiger charge is -2.14. The SMILES string of the molecule is c1ccc(-c2ccc(-c3cc(-c4cc(-c5cccc6c5sc5ccccc56)cc(-c5cccc6c5sc5ccccc56)c4)nc(-c4cccc5c4oc4ccccc45)n3)cc2)cc1. The van der Waals surface area contributed by atoms with Crippen LogP contribution in [-0.4, -0.2) is 9.97 Å². The van der Waals surface area contributed by atoms with Crippen LogP contribution in [0.5, 0.6) is 0 Å². The lowest BCUT2D eigenvalue weighted by Crippen LogP contribution is -1.97. The van der Waals surface area contributed by atoms with Gasteiger partial charge in [-0.05, 0) is 81.9 Å². The molecule has 0 aliphatic carbocycles. The molecule has 0 N–H and O–H groups in total. The molecule has 0 bridgehead atoms. The second-order valence-electron chi connectivity index (χ2n) is 16.0. The number of thiophene rings is 2. The van der Waals surface area contributed by atoms with Crippen LogP contribution in [0.1, 0.15) is 0 Å². The summed E-state index contributed by atoms with van der Waals surface area (Å²) in [4.78, 5) is 10.8. The highest BCUT2D eigenvalue weighted by molar-refractivity contribution is 7.26. The number of rotatable bonds is 6. The van der Waals surface area contributed by atoms with Crippen LogP contribution >= 0.6 is 22.7 Å². The zero-order valence-corrected chi connectivity index (χ0v) is 35.4. The molecular formula is C58H34N2OS2. The largest absolute Gasteiger partial charge is 0.455 e. The van der Waals surface area contributed by atoms with E-state index in [0.717, 1.165) is 66.7 Å². The molecule has 63 heavy (non-hydrogen) atoms. The Balaban J connectivity index is 1.07. The molecule has 0 aliphatic rings. The van der Waals surface area contributed by atoms with Crippen molar-refractivity contribution in [2.75, 3.05) is 0 Å². The van der Waals surface area contributed by atoms with Crippen molar-refractivity contribution in [1.82, 2.24) is 9.97 Å². The van der Waals surface area contributed by atoms with Gasteiger partial charge in [-0.1, -0.05) is 158 Å². The van der Waals surface area contributed by atoms with E-state index in [1.807, 2.05) is 34.8 Å². The first-order valence-corrected chi connectivity index (χ1v) is 22.8. The van der Waals surface area contributed by atoms with Crippen LogP contribution in [0.2, 0.25) is 0 Å². The Bertz CT molecular complexity index is 3780. The molecule has 0 unspecified atom stereocenters. The maximum atomic E-state index is 6.60. The van der Waals surface area contributed by atoms with Crippen LogP contribution in [-0.2, 0) is 0 Å². The Kier molecular flexibility index (Phi) is 8.26. The fourth-order valence-corrected chi connectivity index (χ4v) is 11.8. The molecule has 4 aromatic heterocycles. The molecule has 0 spiro atoms. The third-order valence-electron chi connectivity index (χ3n) is 12.3. The summed E-state index contributed by atoms with van der Waals surface area (Å²) < 4.78 is 11.7. The number of furan rings is 1. The fourth-order valence-electron chi connectivity index (χ4n) is 9.29. The number of hydrogen-bond donors (Lipinski definition) is 0. The minimum absolute atomic E-state index is 0.615. The number of fused-ring (bicyclic) bond motifs is 9. The molecule has 294 valence electrons. The molecule has 0 saturated carbocycles. The van der Waals surface area contributed by atoms with Gasteiger partial charge in [0.05, 0.1) is 17.0 Å². The van der Waals surface area contributed by atoms with Crippen LogP contribution in [0.25, 0.3) is 130 Å². The predicted molar refractivity (Wildman–Crippen MR) is 268 cm³/mol. The first-order chi connectivity index (χ1) is 31.2.